The van der Waals surface area contributed by atoms with Crippen LogP contribution in [0.4, 0.5) is 4.39 Å². The second-order valence-electron chi connectivity index (χ2n) is 4.96. The van der Waals surface area contributed by atoms with Crippen LogP contribution < -0.4 is 0 Å². The van der Waals surface area contributed by atoms with E-state index >= 15 is 0 Å². The fraction of sp³-hybridized carbons (Fsp3) is 0.0526. The van der Waals surface area contributed by atoms with Crippen LogP contribution in [0.15, 0.2) is 82.6 Å². The van der Waals surface area contributed by atoms with Crippen LogP contribution in [0.25, 0.3) is 11.1 Å². The summed E-state index contributed by atoms with van der Waals surface area (Å²) in [7, 11) is 0. The molecular formula is C19H15FS. The van der Waals surface area contributed by atoms with Crippen molar-refractivity contribution in [3.8, 4) is 11.1 Å². The zero-order valence-corrected chi connectivity index (χ0v) is 12.5. The zero-order valence-electron chi connectivity index (χ0n) is 11.7. The minimum Gasteiger partial charge on any atom is -0.207 e. The summed E-state index contributed by atoms with van der Waals surface area (Å²) in [6.45, 7) is 2.09. The van der Waals surface area contributed by atoms with Crippen LogP contribution in [0.5, 0.6) is 0 Å². The van der Waals surface area contributed by atoms with E-state index < -0.39 is 0 Å². The van der Waals surface area contributed by atoms with Gasteiger partial charge >= 0.3 is 0 Å². The van der Waals surface area contributed by atoms with Gasteiger partial charge in [-0.15, -0.1) is 0 Å². The molecule has 0 aromatic heterocycles. The van der Waals surface area contributed by atoms with Crippen LogP contribution in [0, 0.1) is 12.7 Å². The van der Waals surface area contributed by atoms with Crippen molar-refractivity contribution in [2.24, 2.45) is 0 Å². The third-order valence-corrected chi connectivity index (χ3v) is 4.19. The van der Waals surface area contributed by atoms with Gasteiger partial charge in [0.05, 0.1) is 0 Å². The lowest BCUT2D eigenvalue weighted by Crippen LogP contribution is -1.83. The molecule has 3 aromatic carbocycles. The molecule has 0 heterocycles. The van der Waals surface area contributed by atoms with Gasteiger partial charge in [0.1, 0.15) is 5.82 Å². The van der Waals surface area contributed by atoms with Crippen molar-refractivity contribution < 1.29 is 4.39 Å². The quantitative estimate of drug-likeness (QED) is 0.575. The van der Waals surface area contributed by atoms with E-state index in [9.17, 15) is 4.39 Å². The molecule has 0 aliphatic carbocycles. The smallest absolute Gasteiger partial charge is 0.123 e. The second-order valence-corrected chi connectivity index (χ2v) is 6.10. The zero-order chi connectivity index (χ0) is 14.7. The summed E-state index contributed by atoms with van der Waals surface area (Å²) < 4.78 is 13.0. The molecule has 0 bridgehead atoms. The normalized spacial score (nSPS) is 10.6. The van der Waals surface area contributed by atoms with Gasteiger partial charge in [-0.25, -0.2) is 4.39 Å². The van der Waals surface area contributed by atoms with E-state index in [0.717, 1.165) is 11.1 Å². The highest BCUT2D eigenvalue weighted by molar-refractivity contribution is 7.99. The minimum absolute atomic E-state index is 0.203. The monoisotopic (exact) mass is 294 g/mol. The fourth-order valence-electron chi connectivity index (χ4n) is 2.24. The Kier molecular flexibility index (Phi) is 4.07. The van der Waals surface area contributed by atoms with Crippen molar-refractivity contribution in [1.29, 1.82) is 0 Å². The third-order valence-electron chi connectivity index (χ3n) is 3.21. The van der Waals surface area contributed by atoms with Gasteiger partial charge in [-0.05, 0) is 60.0 Å². The first-order valence-electron chi connectivity index (χ1n) is 6.81. The summed E-state index contributed by atoms with van der Waals surface area (Å²) in [5.41, 5.74) is 3.36. The molecule has 21 heavy (non-hydrogen) atoms. The van der Waals surface area contributed by atoms with Crippen molar-refractivity contribution in [1.82, 2.24) is 0 Å². The standard InChI is InChI=1S/C19H15FS/c1-14-11-16(15-7-9-17(20)10-8-15)13-19(12-14)21-18-5-3-2-4-6-18/h2-13H,1H3. The van der Waals surface area contributed by atoms with Crippen LogP contribution in [-0.2, 0) is 0 Å². The van der Waals surface area contributed by atoms with Gasteiger partial charge in [-0.1, -0.05) is 48.2 Å². The molecule has 0 aliphatic rings. The lowest BCUT2D eigenvalue weighted by Gasteiger charge is -2.08. The van der Waals surface area contributed by atoms with Crippen LogP contribution >= 0.6 is 11.8 Å². The first-order chi connectivity index (χ1) is 10.2. The third kappa shape index (κ3) is 3.53. The van der Waals surface area contributed by atoms with Gasteiger partial charge in [0.25, 0.3) is 0 Å². The largest absolute Gasteiger partial charge is 0.207 e. The molecule has 0 nitrogen and oxygen atoms in total. The summed E-state index contributed by atoms with van der Waals surface area (Å²) in [5, 5.41) is 0. The maximum absolute atomic E-state index is 13.0. The molecule has 0 saturated carbocycles. The lowest BCUT2D eigenvalue weighted by atomic mass is 10.0. The van der Waals surface area contributed by atoms with Crippen molar-refractivity contribution in [3.05, 3.63) is 84.2 Å². The molecule has 0 fully saturated rings. The van der Waals surface area contributed by atoms with Crippen LogP contribution in [0.1, 0.15) is 5.56 Å². The Hall–Kier alpha value is -2.06. The summed E-state index contributed by atoms with van der Waals surface area (Å²) in [5.74, 6) is -0.203. The van der Waals surface area contributed by atoms with Gasteiger partial charge < -0.3 is 0 Å². The molecule has 3 aromatic rings. The number of aryl methyl sites for hydroxylation is 1. The molecule has 3 rings (SSSR count). The van der Waals surface area contributed by atoms with Crippen molar-refractivity contribution >= 4 is 11.8 Å². The van der Waals surface area contributed by atoms with E-state index in [2.05, 4.69) is 37.3 Å². The Morgan fingerprint density at radius 3 is 2.14 bits per heavy atom. The van der Waals surface area contributed by atoms with Crippen molar-refractivity contribution in [3.63, 3.8) is 0 Å². The van der Waals surface area contributed by atoms with Crippen molar-refractivity contribution in [2.75, 3.05) is 0 Å². The maximum atomic E-state index is 13.0. The Bertz CT molecular complexity index is 733. The van der Waals surface area contributed by atoms with E-state index in [0.29, 0.717) is 0 Å². The molecule has 0 saturated heterocycles. The number of hydrogen-bond acceptors (Lipinski definition) is 1. The van der Waals surface area contributed by atoms with E-state index in [4.69, 9.17) is 0 Å². The van der Waals surface area contributed by atoms with Gasteiger partial charge in [0, 0.05) is 9.79 Å². The lowest BCUT2D eigenvalue weighted by molar-refractivity contribution is 0.628. The number of rotatable bonds is 3. The van der Waals surface area contributed by atoms with E-state index in [1.165, 1.54) is 27.5 Å². The summed E-state index contributed by atoms with van der Waals surface area (Å²) >= 11 is 1.74. The molecule has 2 heteroatoms. The molecule has 0 aliphatic heterocycles. The van der Waals surface area contributed by atoms with Gasteiger partial charge in [0.15, 0.2) is 0 Å². The van der Waals surface area contributed by atoms with Gasteiger partial charge in [-0.3, -0.25) is 0 Å². The fourth-order valence-corrected chi connectivity index (χ4v) is 3.24. The molecule has 0 radical (unpaired) electrons. The molecule has 0 spiro atoms. The molecule has 0 amide bonds. The molecule has 0 atom stereocenters. The highest BCUT2D eigenvalue weighted by Gasteiger charge is 2.04. The maximum Gasteiger partial charge on any atom is 0.123 e. The number of benzene rings is 3. The predicted octanol–water partition coefficient (Wildman–Crippen LogP) is 5.95. The van der Waals surface area contributed by atoms with E-state index in [1.54, 1.807) is 11.8 Å². The van der Waals surface area contributed by atoms with Crippen LogP contribution in [-0.4, -0.2) is 0 Å². The Balaban J connectivity index is 1.94. The van der Waals surface area contributed by atoms with Crippen molar-refractivity contribution in [2.45, 2.75) is 16.7 Å². The first kappa shape index (κ1) is 13.9. The average molecular weight is 294 g/mol. The minimum atomic E-state index is -0.203. The SMILES string of the molecule is Cc1cc(Sc2ccccc2)cc(-c2ccc(F)cc2)c1. The Labute approximate surface area is 128 Å². The molecule has 104 valence electrons. The molecular weight excluding hydrogens is 279 g/mol. The summed E-state index contributed by atoms with van der Waals surface area (Å²) in [6, 6.07) is 23.4. The summed E-state index contributed by atoms with van der Waals surface area (Å²) in [6.07, 6.45) is 0. The predicted molar refractivity (Wildman–Crippen MR) is 87.1 cm³/mol. The molecule has 0 N–H and O–H groups in total. The van der Waals surface area contributed by atoms with E-state index in [1.807, 2.05) is 30.3 Å². The van der Waals surface area contributed by atoms with Crippen LogP contribution in [0.3, 0.4) is 0 Å². The topological polar surface area (TPSA) is 0 Å². The molecule has 0 unspecified atom stereocenters. The van der Waals surface area contributed by atoms with E-state index in [-0.39, 0.29) is 5.82 Å². The highest BCUT2D eigenvalue weighted by atomic mass is 32.2. The highest BCUT2D eigenvalue weighted by Crippen LogP contribution is 2.32. The number of hydrogen-bond donors (Lipinski definition) is 0. The second kappa shape index (κ2) is 6.15. The Morgan fingerprint density at radius 2 is 1.43 bits per heavy atom. The first-order valence-corrected chi connectivity index (χ1v) is 7.63. The van der Waals surface area contributed by atoms with Gasteiger partial charge in [-0.2, -0.15) is 0 Å². The average Bonchev–Trinajstić information content (AvgIpc) is 2.48. The van der Waals surface area contributed by atoms with Crippen LogP contribution in [0.2, 0.25) is 0 Å². The summed E-state index contributed by atoms with van der Waals surface area (Å²) in [4.78, 5) is 2.41. The Morgan fingerprint density at radius 1 is 0.714 bits per heavy atom. The number of halogens is 1. The van der Waals surface area contributed by atoms with Gasteiger partial charge in [0.2, 0.25) is 0 Å².